The summed E-state index contributed by atoms with van der Waals surface area (Å²) >= 11 is 3.32. The van der Waals surface area contributed by atoms with E-state index in [0.717, 1.165) is 10.0 Å². The maximum absolute atomic E-state index is 11.7. The number of hydrogen-bond acceptors (Lipinski definition) is 4. The molecule has 0 unspecified atom stereocenters. The summed E-state index contributed by atoms with van der Waals surface area (Å²) in [6, 6.07) is 10.8. The summed E-state index contributed by atoms with van der Waals surface area (Å²) in [5.74, 6) is -0.546. The highest BCUT2D eigenvalue weighted by Gasteiger charge is 2.06. The summed E-state index contributed by atoms with van der Waals surface area (Å²) in [6.45, 7) is 0. The first-order valence-corrected chi connectivity index (χ1v) is 7.70. The van der Waals surface area contributed by atoms with Gasteiger partial charge >= 0.3 is 0 Å². The summed E-state index contributed by atoms with van der Waals surface area (Å²) in [5.41, 5.74) is 3.84. The average Bonchev–Trinajstić information content (AvgIpc) is 2.56. The third-order valence-electron chi connectivity index (χ3n) is 2.79. The smallest absolute Gasteiger partial charge is 0.240 e. The predicted molar refractivity (Wildman–Crippen MR) is 92.0 cm³/mol. The van der Waals surface area contributed by atoms with E-state index in [2.05, 4.69) is 36.8 Å². The summed E-state index contributed by atoms with van der Waals surface area (Å²) < 4.78 is 0.932. The second kappa shape index (κ2) is 8.79. The molecule has 0 aliphatic rings. The normalized spacial score (nSPS) is 10.5. The van der Waals surface area contributed by atoms with Gasteiger partial charge in [0.1, 0.15) is 0 Å². The van der Waals surface area contributed by atoms with Crippen LogP contribution in [0.4, 0.5) is 5.69 Å². The molecule has 2 aromatic rings. The Balaban J connectivity index is 1.70. The standard InChI is InChI=1S/C16H15BrN4O2/c17-13-3-5-14(6-4-13)20-15(22)7-8-16(23)21-19-11-12-2-1-9-18-10-12/h1-6,9-11H,7-8H2,(H,20,22)(H,21,23). The van der Waals surface area contributed by atoms with Crippen molar-refractivity contribution in [1.82, 2.24) is 10.4 Å². The summed E-state index contributed by atoms with van der Waals surface area (Å²) in [7, 11) is 0. The number of amides is 2. The van der Waals surface area contributed by atoms with Crippen molar-refractivity contribution < 1.29 is 9.59 Å². The van der Waals surface area contributed by atoms with Gasteiger partial charge in [-0.1, -0.05) is 22.0 Å². The molecule has 7 heteroatoms. The molecule has 1 heterocycles. The van der Waals surface area contributed by atoms with Crippen molar-refractivity contribution >= 4 is 39.6 Å². The number of carbonyl (C=O) groups is 2. The highest BCUT2D eigenvalue weighted by molar-refractivity contribution is 9.10. The van der Waals surface area contributed by atoms with Gasteiger partial charge < -0.3 is 5.32 Å². The van der Waals surface area contributed by atoms with E-state index in [-0.39, 0.29) is 24.7 Å². The molecular weight excluding hydrogens is 360 g/mol. The van der Waals surface area contributed by atoms with Crippen LogP contribution in [-0.4, -0.2) is 23.0 Å². The van der Waals surface area contributed by atoms with Gasteiger partial charge in [0, 0.05) is 41.0 Å². The van der Waals surface area contributed by atoms with Crippen LogP contribution in [0.2, 0.25) is 0 Å². The number of benzene rings is 1. The molecule has 2 N–H and O–H groups in total. The number of rotatable bonds is 6. The van der Waals surface area contributed by atoms with Gasteiger partial charge in [0.2, 0.25) is 11.8 Å². The van der Waals surface area contributed by atoms with Gasteiger partial charge in [-0.25, -0.2) is 5.43 Å². The lowest BCUT2D eigenvalue weighted by Gasteiger charge is -2.04. The van der Waals surface area contributed by atoms with E-state index >= 15 is 0 Å². The Hall–Kier alpha value is -2.54. The van der Waals surface area contributed by atoms with Crippen LogP contribution in [0.5, 0.6) is 0 Å². The van der Waals surface area contributed by atoms with Crippen molar-refractivity contribution in [3.63, 3.8) is 0 Å². The molecule has 2 amide bonds. The van der Waals surface area contributed by atoms with Crippen molar-refractivity contribution in [2.75, 3.05) is 5.32 Å². The fourth-order valence-corrected chi connectivity index (χ4v) is 1.94. The number of hydrogen-bond donors (Lipinski definition) is 2. The van der Waals surface area contributed by atoms with Gasteiger partial charge in [-0.15, -0.1) is 0 Å². The molecule has 0 fully saturated rings. The Morgan fingerprint density at radius 1 is 1.13 bits per heavy atom. The molecule has 0 aliphatic heterocycles. The third-order valence-corrected chi connectivity index (χ3v) is 3.32. The van der Waals surface area contributed by atoms with Crippen molar-refractivity contribution in [3.8, 4) is 0 Å². The van der Waals surface area contributed by atoms with Gasteiger partial charge in [-0.3, -0.25) is 14.6 Å². The van der Waals surface area contributed by atoms with Crippen molar-refractivity contribution in [1.29, 1.82) is 0 Å². The maximum Gasteiger partial charge on any atom is 0.240 e. The lowest BCUT2D eigenvalue weighted by Crippen LogP contribution is -2.20. The largest absolute Gasteiger partial charge is 0.326 e. The number of nitrogens with one attached hydrogen (secondary N) is 2. The molecule has 0 radical (unpaired) electrons. The van der Waals surface area contributed by atoms with Crippen molar-refractivity contribution in [2.45, 2.75) is 12.8 Å². The lowest BCUT2D eigenvalue weighted by atomic mass is 10.2. The van der Waals surface area contributed by atoms with Gasteiger partial charge in [-0.2, -0.15) is 5.10 Å². The Bertz CT molecular complexity index is 687. The van der Waals surface area contributed by atoms with Crippen LogP contribution < -0.4 is 10.7 Å². The molecular formula is C16H15BrN4O2. The molecule has 1 aromatic heterocycles. The number of nitrogens with zero attached hydrogens (tertiary/aromatic N) is 2. The molecule has 0 spiro atoms. The third kappa shape index (κ3) is 6.39. The molecule has 2 rings (SSSR count). The Labute approximate surface area is 142 Å². The van der Waals surface area contributed by atoms with Gasteiger partial charge in [0.25, 0.3) is 0 Å². The zero-order valence-corrected chi connectivity index (χ0v) is 13.8. The van der Waals surface area contributed by atoms with Crippen LogP contribution in [0, 0.1) is 0 Å². The molecule has 1 aromatic carbocycles. The van der Waals surface area contributed by atoms with E-state index in [1.54, 1.807) is 30.6 Å². The Morgan fingerprint density at radius 2 is 1.87 bits per heavy atom. The van der Waals surface area contributed by atoms with Gasteiger partial charge in [-0.05, 0) is 30.3 Å². The predicted octanol–water partition coefficient (Wildman–Crippen LogP) is 2.71. The number of hydrazone groups is 1. The van der Waals surface area contributed by atoms with Crippen LogP contribution in [0.1, 0.15) is 18.4 Å². The molecule has 6 nitrogen and oxygen atoms in total. The quantitative estimate of drug-likeness (QED) is 0.602. The van der Waals surface area contributed by atoms with E-state index in [1.165, 1.54) is 6.21 Å². The highest BCUT2D eigenvalue weighted by atomic mass is 79.9. The fraction of sp³-hybridized carbons (Fsp3) is 0.125. The minimum absolute atomic E-state index is 0.0622. The first-order valence-electron chi connectivity index (χ1n) is 6.91. The zero-order valence-electron chi connectivity index (χ0n) is 12.2. The van der Waals surface area contributed by atoms with Crippen LogP contribution in [-0.2, 0) is 9.59 Å². The van der Waals surface area contributed by atoms with Crippen molar-refractivity contribution in [2.24, 2.45) is 5.10 Å². The molecule has 0 saturated carbocycles. The molecule has 0 bridgehead atoms. The highest BCUT2D eigenvalue weighted by Crippen LogP contribution is 2.14. The molecule has 0 saturated heterocycles. The SMILES string of the molecule is O=C(CCC(=O)Nc1ccc(Br)cc1)NN=Cc1cccnc1. The maximum atomic E-state index is 11.7. The average molecular weight is 375 g/mol. The first kappa shape index (κ1) is 16.8. The van der Waals surface area contributed by atoms with Gasteiger partial charge in [0.15, 0.2) is 0 Å². The first-order chi connectivity index (χ1) is 11.1. The second-order valence-electron chi connectivity index (χ2n) is 4.63. The molecule has 118 valence electrons. The van der Waals surface area contributed by atoms with Gasteiger partial charge in [0.05, 0.1) is 6.21 Å². The second-order valence-corrected chi connectivity index (χ2v) is 5.55. The minimum Gasteiger partial charge on any atom is -0.326 e. The zero-order chi connectivity index (χ0) is 16.5. The van der Waals surface area contributed by atoms with Crippen LogP contribution in [0.3, 0.4) is 0 Å². The minimum atomic E-state index is -0.323. The summed E-state index contributed by atoms with van der Waals surface area (Å²) in [4.78, 5) is 27.3. The number of anilines is 1. The molecule has 23 heavy (non-hydrogen) atoms. The fourth-order valence-electron chi connectivity index (χ4n) is 1.67. The summed E-state index contributed by atoms with van der Waals surface area (Å²) in [6.07, 6.45) is 4.92. The van der Waals surface area contributed by atoms with E-state index in [9.17, 15) is 9.59 Å². The van der Waals surface area contributed by atoms with E-state index < -0.39 is 0 Å². The topological polar surface area (TPSA) is 83.5 Å². The monoisotopic (exact) mass is 374 g/mol. The van der Waals surface area contributed by atoms with E-state index in [0.29, 0.717) is 5.69 Å². The lowest BCUT2D eigenvalue weighted by molar-refractivity contribution is -0.124. The number of carbonyl (C=O) groups excluding carboxylic acids is 2. The Morgan fingerprint density at radius 3 is 2.57 bits per heavy atom. The molecule has 0 aliphatic carbocycles. The number of pyridine rings is 1. The number of aromatic nitrogens is 1. The van der Waals surface area contributed by atoms with Crippen LogP contribution >= 0.6 is 15.9 Å². The number of halogens is 1. The van der Waals surface area contributed by atoms with Crippen LogP contribution in [0.15, 0.2) is 58.4 Å². The van der Waals surface area contributed by atoms with E-state index in [4.69, 9.17) is 0 Å². The van der Waals surface area contributed by atoms with Crippen LogP contribution in [0.25, 0.3) is 0 Å². The van der Waals surface area contributed by atoms with E-state index in [1.807, 2.05) is 18.2 Å². The van der Waals surface area contributed by atoms with Crippen molar-refractivity contribution in [3.05, 3.63) is 58.8 Å². The summed E-state index contributed by atoms with van der Waals surface area (Å²) in [5, 5.41) is 6.53. The molecule has 0 atom stereocenters. The Kier molecular flexibility index (Phi) is 6.43.